The number of aromatic amines is 1. The summed E-state index contributed by atoms with van der Waals surface area (Å²) in [6.07, 6.45) is -0.181. The van der Waals surface area contributed by atoms with Crippen molar-refractivity contribution >= 4 is 38.6 Å². The van der Waals surface area contributed by atoms with Crippen LogP contribution in [-0.2, 0) is 0 Å². The van der Waals surface area contributed by atoms with Gasteiger partial charge in [0.1, 0.15) is 11.6 Å². The molecular formula is C15H12BrClN2O. The van der Waals surface area contributed by atoms with Gasteiger partial charge in [-0.05, 0) is 43.3 Å². The summed E-state index contributed by atoms with van der Waals surface area (Å²) in [7, 11) is 0. The Balaban J connectivity index is 1.86. The molecule has 0 aliphatic heterocycles. The summed E-state index contributed by atoms with van der Waals surface area (Å²) in [5.74, 6) is 1.52. The summed E-state index contributed by atoms with van der Waals surface area (Å²) in [5.41, 5.74) is 1.90. The summed E-state index contributed by atoms with van der Waals surface area (Å²) in [6.45, 7) is 1.95. The van der Waals surface area contributed by atoms with Gasteiger partial charge in [-0.25, -0.2) is 4.98 Å². The lowest BCUT2D eigenvalue weighted by molar-refractivity contribution is 0.218. The van der Waals surface area contributed by atoms with E-state index in [1.54, 1.807) is 6.07 Å². The van der Waals surface area contributed by atoms with E-state index in [-0.39, 0.29) is 6.10 Å². The van der Waals surface area contributed by atoms with Crippen molar-refractivity contribution in [1.29, 1.82) is 0 Å². The summed E-state index contributed by atoms with van der Waals surface area (Å²) in [6, 6.07) is 13.3. The quantitative estimate of drug-likeness (QED) is 0.711. The Hall–Kier alpha value is -1.52. The van der Waals surface area contributed by atoms with E-state index in [4.69, 9.17) is 16.3 Å². The summed E-state index contributed by atoms with van der Waals surface area (Å²) in [4.78, 5) is 7.81. The van der Waals surface area contributed by atoms with Crippen molar-refractivity contribution < 1.29 is 4.74 Å². The van der Waals surface area contributed by atoms with E-state index >= 15 is 0 Å². The Kier molecular flexibility index (Phi) is 3.68. The molecule has 20 heavy (non-hydrogen) atoms. The van der Waals surface area contributed by atoms with E-state index in [0.717, 1.165) is 27.1 Å². The van der Waals surface area contributed by atoms with Gasteiger partial charge < -0.3 is 9.72 Å². The van der Waals surface area contributed by atoms with Crippen molar-refractivity contribution in [2.75, 3.05) is 0 Å². The average molecular weight is 352 g/mol. The molecule has 0 saturated heterocycles. The highest BCUT2D eigenvalue weighted by atomic mass is 79.9. The Morgan fingerprint density at radius 3 is 2.90 bits per heavy atom. The molecule has 0 amide bonds. The van der Waals surface area contributed by atoms with Crippen LogP contribution in [0.5, 0.6) is 5.75 Å². The number of hydrogen-bond donors (Lipinski definition) is 1. The van der Waals surface area contributed by atoms with Gasteiger partial charge in [0, 0.05) is 9.50 Å². The zero-order chi connectivity index (χ0) is 14.1. The van der Waals surface area contributed by atoms with Crippen molar-refractivity contribution in [3.05, 3.63) is 57.8 Å². The van der Waals surface area contributed by atoms with Crippen LogP contribution in [0.1, 0.15) is 18.9 Å². The first-order chi connectivity index (χ1) is 9.61. The van der Waals surface area contributed by atoms with Gasteiger partial charge in [0.2, 0.25) is 0 Å². The molecule has 0 aliphatic rings. The third kappa shape index (κ3) is 2.81. The molecule has 0 radical (unpaired) electrons. The molecule has 1 aromatic heterocycles. The van der Waals surface area contributed by atoms with E-state index in [0.29, 0.717) is 5.02 Å². The van der Waals surface area contributed by atoms with E-state index in [1.807, 2.05) is 43.3 Å². The van der Waals surface area contributed by atoms with Crippen LogP contribution in [0.4, 0.5) is 0 Å². The largest absolute Gasteiger partial charge is 0.483 e. The number of benzene rings is 2. The fourth-order valence-corrected chi connectivity index (χ4v) is 2.54. The molecule has 1 N–H and O–H groups in total. The number of rotatable bonds is 3. The third-order valence-electron chi connectivity index (χ3n) is 2.96. The van der Waals surface area contributed by atoms with Crippen LogP contribution in [0, 0.1) is 0 Å². The SMILES string of the molecule is CC(Oc1cccc(Cl)c1)c1nc2ccc(Br)cc2[nH]1. The minimum absolute atomic E-state index is 0.181. The number of aromatic nitrogens is 2. The molecular weight excluding hydrogens is 340 g/mol. The highest BCUT2D eigenvalue weighted by Gasteiger charge is 2.12. The maximum absolute atomic E-state index is 5.95. The number of fused-ring (bicyclic) bond motifs is 1. The van der Waals surface area contributed by atoms with Crippen LogP contribution in [0.15, 0.2) is 46.9 Å². The predicted molar refractivity (Wildman–Crippen MR) is 84.3 cm³/mol. The molecule has 0 spiro atoms. The molecule has 3 aromatic rings. The lowest BCUT2D eigenvalue weighted by Crippen LogP contribution is -2.04. The van der Waals surface area contributed by atoms with Crippen molar-refractivity contribution in [3.63, 3.8) is 0 Å². The maximum Gasteiger partial charge on any atom is 0.153 e. The Morgan fingerprint density at radius 1 is 1.25 bits per heavy atom. The number of hydrogen-bond acceptors (Lipinski definition) is 2. The van der Waals surface area contributed by atoms with Crippen LogP contribution >= 0.6 is 27.5 Å². The van der Waals surface area contributed by atoms with Gasteiger partial charge in [-0.1, -0.05) is 33.6 Å². The van der Waals surface area contributed by atoms with E-state index in [1.165, 1.54) is 0 Å². The summed E-state index contributed by atoms with van der Waals surface area (Å²) < 4.78 is 6.87. The Morgan fingerprint density at radius 2 is 2.10 bits per heavy atom. The van der Waals surface area contributed by atoms with Crippen molar-refractivity contribution in [2.45, 2.75) is 13.0 Å². The van der Waals surface area contributed by atoms with Gasteiger partial charge in [0.25, 0.3) is 0 Å². The van der Waals surface area contributed by atoms with E-state index < -0.39 is 0 Å². The molecule has 1 heterocycles. The number of imidazole rings is 1. The first kappa shape index (κ1) is 13.5. The first-order valence-electron chi connectivity index (χ1n) is 6.19. The minimum atomic E-state index is -0.181. The lowest BCUT2D eigenvalue weighted by Gasteiger charge is -2.12. The fourth-order valence-electron chi connectivity index (χ4n) is 1.99. The van der Waals surface area contributed by atoms with Gasteiger partial charge in [-0.3, -0.25) is 0 Å². The number of H-pyrrole nitrogens is 1. The van der Waals surface area contributed by atoms with Crippen LogP contribution in [-0.4, -0.2) is 9.97 Å². The second kappa shape index (κ2) is 5.46. The van der Waals surface area contributed by atoms with Crippen LogP contribution < -0.4 is 4.74 Å². The standard InChI is InChI=1S/C15H12BrClN2O/c1-9(20-12-4-2-3-11(17)8-12)15-18-13-6-5-10(16)7-14(13)19-15/h2-9H,1H3,(H,18,19). The van der Waals surface area contributed by atoms with Crippen molar-refractivity contribution in [1.82, 2.24) is 9.97 Å². The summed E-state index contributed by atoms with van der Waals surface area (Å²) in [5, 5.41) is 0.656. The zero-order valence-electron chi connectivity index (χ0n) is 10.7. The Bertz CT molecular complexity index is 756. The first-order valence-corrected chi connectivity index (χ1v) is 7.36. The number of nitrogens with one attached hydrogen (secondary N) is 1. The van der Waals surface area contributed by atoms with Gasteiger partial charge in [-0.2, -0.15) is 0 Å². The summed E-state index contributed by atoms with van der Waals surface area (Å²) >= 11 is 9.39. The molecule has 0 bridgehead atoms. The molecule has 102 valence electrons. The highest BCUT2D eigenvalue weighted by molar-refractivity contribution is 9.10. The molecule has 5 heteroatoms. The monoisotopic (exact) mass is 350 g/mol. The topological polar surface area (TPSA) is 37.9 Å². The molecule has 3 rings (SSSR count). The number of ether oxygens (including phenoxy) is 1. The highest BCUT2D eigenvalue weighted by Crippen LogP contribution is 2.25. The molecule has 0 saturated carbocycles. The zero-order valence-corrected chi connectivity index (χ0v) is 13.1. The molecule has 0 fully saturated rings. The predicted octanol–water partition coefficient (Wildman–Crippen LogP) is 5.12. The molecule has 1 unspecified atom stereocenters. The molecule has 2 aromatic carbocycles. The van der Waals surface area contributed by atoms with Gasteiger partial charge in [-0.15, -0.1) is 0 Å². The third-order valence-corrected chi connectivity index (χ3v) is 3.68. The van der Waals surface area contributed by atoms with Crippen LogP contribution in [0.2, 0.25) is 5.02 Å². The van der Waals surface area contributed by atoms with Crippen LogP contribution in [0.25, 0.3) is 11.0 Å². The van der Waals surface area contributed by atoms with Crippen molar-refractivity contribution in [2.24, 2.45) is 0 Å². The normalized spacial score (nSPS) is 12.6. The molecule has 3 nitrogen and oxygen atoms in total. The molecule has 0 aliphatic carbocycles. The second-order valence-corrected chi connectivity index (χ2v) is 5.85. The average Bonchev–Trinajstić information content (AvgIpc) is 2.81. The Labute approximate surface area is 130 Å². The number of halogens is 2. The fraction of sp³-hybridized carbons (Fsp3) is 0.133. The van der Waals surface area contributed by atoms with Crippen LogP contribution in [0.3, 0.4) is 0 Å². The number of nitrogens with zero attached hydrogens (tertiary/aromatic N) is 1. The van der Waals surface area contributed by atoms with Gasteiger partial charge in [0.05, 0.1) is 11.0 Å². The van der Waals surface area contributed by atoms with E-state index in [2.05, 4.69) is 25.9 Å². The van der Waals surface area contributed by atoms with Gasteiger partial charge >= 0.3 is 0 Å². The van der Waals surface area contributed by atoms with Crippen molar-refractivity contribution in [3.8, 4) is 5.75 Å². The van der Waals surface area contributed by atoms with E-state index in [9.17, 15) is 0 Å². The molecule has 1 atom stereocenters. The lowest BCUT2D eigenvalue weighted by atomic mass is 10.3. The minimum Gasteiger partial charge on any atom is -0.483 e. The van der Waals surface area contributed by atoms with Gasteiger partial charge in [0.15, 0.2) is 6.10 Å². The smallest absolute Gasteiger partial charge is 0.153 e. The maximum atomic E-state index is 5.95. The second-order valence-electron chi connectivity index (χ2n) is 4.50.